The Kier molecular flexibility index (Phi) is 9.02. The van der Waals surface area contributed by atoms with Crippen molar-refractivity contribution in [1.82, 2.24) is 5.32 Å². The third-order valence-corrected chi connectivity index (χ3v) is 5.24. The zero-order valence-electron chi connectivity index (χ0n) is 17.7. The summed E-state index contributed by atoms with van der Waals surface area (Å²) in [6.45, 7) is 0.458. The second kappa shape index (κ2) is 11.7. The SMILES string of the molecule is NCC(Cc1ccccc1)(Cc1ccccc1)C(=O)N[C@@H](CCCN=C(N)N)C(N)=O. The first-order valence-corrected chi connectivity index (χ1v) is 10.3. The van der Waals surface area contributed by atoms with Gasteiger partial charge < -0.3 is 28.3 Å². The molecule has 2 amide bonds. The molecule has 31 heavy (non-hydrogen) atoms. The van der Waals surface area contributed by atoms with Gasteiger partial charge in [0.05, 0.1) is 5.41 Å². The Hall–Kier alpha value is -3.39. The molecule has 0 radical (unpaired) electrons. The summed E-state index contributed by atoms with van der Waals surface area (Å²) in [4.78, 5) is 29.4. The van der Waals surface area contributed by atoms with Crippen LogP contribution in [0.5, 0.6) is 0 Å². The van der Waals surface area contributed by atoms with Crippen LogP contribution in [0.15, 0.2) is 65.7 Å². The number of amides is 2. The summed E-state index contributed by atoms with van der Waals surface area (Å²) in [5, 5.41) is 2.83. The van der Waals surface area contributed by atoms with E-state index in [4.69, 9.17) is 22.9 Å². The van der Waals surface area contributed by atoms with Crippen molar-refractivity contribution in [3.05, 3.63) is 71.8 Å². The van der Waals surface area contributed by atoms with Crippen LogP contribution in [0.3, 0.4) is 0 Å². The lowest BCUT2D eigenvalue weighted by Crippen LogP contribution is -2.54. The molecular formula is C23H32N6O2. The molecule has 8 heteroatoms. The van der Waals surface area contributed by atoms with Crippen molar-refractivity contribution in [2.24, 2.45) is 33.3 Å². The lowest BCUT2D eigenvalue weighted by Gasteiger charge is -2.33. The van der Waals surface area contributed by atoms with E-state index in [-0.39, 0.29) is 18.4 Å². The quantitative estimate of drug-likeness (QED) is 0.189. The van der Waals surface area contributed by atoms with Crippen LogP contribution in [0.2, 0.25) is 0 Å². The van der Waals surface area contributed by atoms with Crippen molar-refractivity contribution in [3.8, 4) is 0 Å². The number of carbonyl (C=O) groups excluding carboxylic acids is 2. The lowest BCUT2D eigenvalue weighted by atomic mass is 9.75. The van der Waals surface area contributed by atoms with Gasteiger partial charge in [0.25, 0.3) is 0 Å². The molecule has 0 aliphatic rings. The molecule has 0 aliphatic carbocycles. The van der Waals surface area contributed by atoms with E-state index < -0.39 is 17.4 Å². The van der Waals surface area contributed by atoms with Gasteiger partial charge in [0.15, 0.2) is 5.96 Å². The summed E-state index contributed by atoms with van der Waals surface area (Å²) >= 11 is 0. The van der Waals surface area contributed by atoms with Gasteiger partial charge in [0.1, 0.15) is 6.04 Å². The van der Waals surface area contributed by atoms with Crippen LogP contribution in [0.4, 0.5) is 0 Å². The lowest BCUT2D eigenvalue weighted by molar-refractivity contribution is -0.134. The van der Waals surface area contributed by atoms with Gasteiger partial charge in [-0.1, -0.05) is 60.7 Å². The first kappa shape index (κ1) is 23.9. The van der Waals surface area contributed by atoms with Crippen LogP contribution in [0.1, 0.15) is 24.0 Å². The topological polar surface area (TPSA) is 163 Å². The van der Waals surface area contributed by atoms with Gasteiger partial charge in [0.2, 0.25) is 11.8 Å². The average Bonchev–Trinajstić information content (AvgIpc) is 2.76. The molecule has 0 saturated carbocycles. The minimum absolute atomic E-state index is 0.0208. The van der Waals surface area contributed by atoms with Crippen molar-refractivity contribution in [1.29, 1.82) is 0 Å². The number of nitrogens with one attached hydrogen (secondary N) is 1. The Morgan fingerprint density at radius 2 is 1.42 bits per heavy atom. The minimum atomic E-state index is -0.934. The number of aliphatic imine (C=N–C) groups is 1. The van der Waals surface area contributed by atoms with E-state index in [1.165, 1.54) is 0 Å². The molecule has 0 saturated heterocycles. The molecule has 2 rings (SSSR count). The molecule has 8 nitrogen and oxygen atoms in total. The molecule has 2 aromatic carbocycles. The Balaban J connectivity index is 2.24. The minimum Gasteiger partial charge on any atom is -0.370 e. The Labute approximate surface area is 183 Å². The van der Waals surface area contributed by atoms with Crippen LogP contribution < -0.4 is 28.3 Å². The molecule has 0 aliphatic heterocycles. The number of hydrogen-bond donors (Lipinski definition) is 5. The van der Waals surface area contributed by atoms with Gasteiger partial charge in [-0.25, -0.2) is 0 Å². The highest BCUT2D eigenvalue weighted by atomic mass is 16.2. The number of hydrogen-bond acceptors (Lipinski definition) is 4. The van der Waals surface area contributed by atoms with Crippen molar-refractivity contribution >= 4 is 17.8 Å². The Bertz CT molecular complexity index is 825. The van der Waals surface area contributed by atoms with Crippen molar-refractivity contribution in [3.63, 3.8) is 0 Å². The van der Waals surface area contributed by atoms with E-state index in [1.54, 1.807) is 0 Å². The number of rotatable bonds is 12. The first-order valence-electron chi connectivity index (χ1n) is 10.3. The number of carbonyl (C=O) groups is 2. The van der Waals surface area contributed by atoms with Crippen molar-refractivity contribution in [2.45, 2.75) is 31.7 Å². The van der Waals surface area contributed by atoms with E-state index >= 15 is 0 Å². The second-order valence-corrected chi connectivity index (χ2v) is 7.69. The summed E-state index contributed by atoms with van der Waals surface area (Å²) in [5.74, 6) is -0.927. The summed E-state index contributed by atoms with van der Waals surface area (Å²) in [6, 6.07) is 18.5. The fraction of sp³-hybridized carbons (Fsp3) is 0.348. The zero-order chi connectivity index (χ0) is 22.7. The highest BCUT2D eigenvalue weighted by Gasteiger charge is 2.39. The molecule has 0 spiro atoms. The van der Waals surface area contributed by atoms with E-state index in [2.05, 4.69) is 10.3 Å². The van der Waals surface area contributed by atoms with Crippen molar-refractivity contribution in [2.75, 3.05) is 13.1 Å². The molecule has 2 aromatic rings. The highest BCUT2D eigenvalue weighted by molar-refractivity contribution is 5.90. The molecule has 0 heterocycles. The third kappa shape index (κ3) is 7.42. The smallest absolute Gasteiger partial charge is 0.240 e. The van der Waals surface area contributed by atoms with Crippen LogP contribution >= 0.6 is 0 Å². The fourth-order valence-electron chi connectivity index (χ4n) is 3.53. The van der Waals surface area contributed by atoms with Gasteiger partial charge in [-0.15, -0.1) is 0 Å². The molecule has 0 fully saturated rings. The predicted molar refractivity (Wildman–Crippen MR) is 123 cm³/mol. The maximum Gasteiger partial charge on any atom is 0.240 e. The summed E-state index contributed by atoms with van der Waals surface area (Å²) < 4.78 is 0. The first-order chi connectivity index (χ1) is 14.9. The van der Waals surface area contributed by atoms with Gasteiger partial charge in [-0.05, 0) is 36.8 Å². The highest BCUT2D eigenvalue weighted by Crippen LogP contribution is 2.28. The maximum absolute atomic E-state index is 13.5. The van der Waals surface area contributed by atoms with Gasteiger partial charge in [-0.3, -0.25) is 14.6 Å². The largest absolute Gasteiger partial charge is 0.370 e. The number of primary amides is 1. The van der Waals surface area contributed by atoms with Gasteiger partial charge in [0, 0.05) is 13.1 Å². The predicted octanol–water partition coefficient (Wildman–Crippen LogP) is 0.441. The van der Waals surface area contributed by atoms with Gasteiger partial charge >= 0.3 is 0 Å². The molecular weight excluding hydrogens is 392 g/mol. The van der Waals surface area contributed by atoms with E-state index in [1.807, 2.05) is 60.7 Å². The summed E-state index contributed by atoms with van der Waals surface area (Å²) in [6.07, 6.45) is 1.70. The Morgan fingerprint density at radius 3 is 1.84 bits per heavy atom. The Morgan fingerprint density at radius 1 is 0.903 bits per heavy atom. The molecule has 166 valence electrons. The van der Waals surface area contributed by atoms with Crippen LogP contribution in [0.25, 0.3) is 0 Å². The summed E-state index contributed by atoms with van der Waals surface area (Å²) in [7, 11) is 0. The normalized spacial score (nSPS) is 12.0. The number of benzene rings is 2. The molecule has 0 unspecified atom stereocenters. The molecule has 0 bridgehead atoms. The van der Waals surface area contributed by atoms with E-state index in [9.17, 15) is 9.59 Å². The molecule has 0 aromatic heterocycles. The van der Waals surface area contributed by atoms with E-state index in [0.29, 0.717) is 32.2 Å². The number of nitrogens with zero attached hydrogens (tertiary/aromatic N) is 1. The summed E-state index contributed by atoms with van der Waals surface area (Å²) in [5.41, 5.74) is 23.4. The second-order valence-electron chi connectivity index (χ2n) is 7.69. The maximum atomic E-state index is 13.5. The standard InChI is InChI=1S/C23H32N6O2/c24-16-23(14-17-8-3-1-4-9-17,15-18-10-5-2-6-11-18)21(31)29-19(20(25)30)12-7-13-28-22(26)27/h1-6,8-11,19H,7,12-16,24H2,(H2,25,30)(H,29,31)(H4,26,27,28)/t19-/m0/s1. The van der Waals surface area contributed by atoms with Gasteiger partial charge in [-0.2, -0.15) is 0 Å². The number of nitrogens with two attached hydrogens (primary N) is 4. The van der Waals surface area contributed by atoms with Crippen LogP contribution in [0, 0.1) is 5.41 Å². The zero-order valence-corrected chi connectivity index (χ0v) is 17.7. The average molecular weight is 425 g/mol. The molecule has 1 atom stereocenters. The number of guanidine groups is 1. The van der Waals surface area contributed by atoms with Crippen LogP contribution in [-0.4, -0.2) is 36.9 Å². The monoisotopic (exact) mass is 424 g/mol. The third-order valence-electron chi connectivity index (χ3n) is 5.24. The fourth-order valence-corrected chi connectivity index (χ4v) is 3.53. The molecule has 9 N–H and O–H groups in total. The van der Waals surface area contributed by atoms with Crippen LogP contribution in [-0.2, 0) is 22.4 Å². The van der Waals surface area contributed by atoms with Crippen molar-refractivity contribution < 1.29 is 9.59 Å². The van der Waals surface area contributed by atoms with E-state index in [0.717, 1.165) is 11.1 Å².